The number of carbonyl (C=O) groups excluding carboxylic acids is 1. The van der Waals surface area contributed by atoms with Crippen LogP contribution in [-0.4, -0.2) is 61.4 Å². The SMILES string of the molecule is CCCN(C)C(=O)OCc1cc(S(C)(=O)=O)ccc1-c1ccc(O[C@H]2CCC[C@H](C(=O)O)C2)c(C)n1. The zero-order chi connectivity index (χ0) is 26.5. The second kappa shape index (κ2) is 11.7. The molecule has 1 aliphatic rings. The lowest BCUT2D eigenvalue weighted by atomic mass is 9.87. The van der Waals surface area contributed by atoms with E-state index in [-0.39, 0.29) is 17.6 Å². The maximum atomic E-state index is 12.3. The van der Waals surface area contributed by atoms with E-state index < -0.39 is 27.8 Å². The summed E-state index contributed by atoms with van der Waals surface area (Å²) in [6.45, 7) is 4.20. The Morgan fingerprint density at radius 1 is 1.19 bits per heavy atom. The molecule has 0 unspecified atom stereocenters. The summed E-state index contributed by atoms with van der Waals surface area (Å²) in [5.41, 5.74) is 2.38. The van der Waals surface area contributed by atoms with Gasteiger partial charge in [-0.2, -0.15) is 0 Å². The van der Waals surface area contributed by atoms with Crippen molar-refractivity contribution in [2.24, 2.45) is 5.92 Å². The molecule has 2 atom stereocenters. The Morgan fingerprint density at radius 3 is 2.58 bits per heavy atom. The van der Waals surface area contributed by atoms with Gasteiger partial charge in [0.2, 0.25) is 0 Å². The zero-order valence-electron chi connectivity index (χ0n) is 21.2. The van der Waals surface area contributed by atoms with Gasteiger partial charge in [-0.25, -0.2) is 18.2 Å². The fraction of sp³-hybridized carbons (Fsp3) is 0.500. The molecule has 1 aliphatic carbocycles. The van der Waals surface area contributed by atoms with Crippen LogP contribution < -0.4 is 4.74 Å². The number of pyridine rings is 1. The van der Waals surface area contributed by atoms with Gasteiger partial charge in [0.15, 0.2) is 9.84 Å². The summed E-state index contributed by atoms with van der Waals surface area (Å²) >= 11 is 0. The van der Waals surface area contributed by atoms with E-state index in [1.807, 2.05) is 6.92 Å². The van der Waals surface area contributed by atoms with Crippen LogP contribution in [0.4, 0.5) is 4.79 Å². The van der Waals surface area contributed by atoms with Gasteiger partial charge in [-0.05, 0) is 63.3 Å². The van der Waals surface area contributed by atoms with Crippen molar-refractivity contribution in [1.82, 2.24) is 9.88 Å². The summed E-state index contributed by atoms with van der Waals surface area (Å²) < 4.78 is 35.8. The van der Waals surface area contributed by atoms with E-state index in [1.165, 1.54) is 17.0 Å². The third-order valence-electron chi connectivity index (χ3n) is 6.31. The molecular weight excluding hydrogens is 484 g/mol. The Bertz CT molecular complexity index is 1210. The third kappa shape index (κ3) is 6.96. The average molecular weight is 519 g/mol. The highest BCUT2D eigenvalue weighted by atomic mass is 32.2. The average Bonchev–Trinajstić information content (AvgIpc) is 2.83. The van der Waals surface area contributed by atoms with Crippen molar-refractivity contribution in [3.8, 4) is 17.0 Å². The maximum absolute atomic E-state index is 12.3. The summed E-state index contributed by atoms with van der Waals surface area (Å²) in [5.74, 6) is -0.608. The van der Waals surface area contributed by atoms with E-state index in [0.717, 1.165) is 25.5 Å². The van der Waals surface area contributed by atoms with Crippen molar-refractivity contribution >= 4 is 21.9 Å². The number of sulfone groups is 1. The molecule has 1 saturated carbocycles. The molecule has 0 spiro atoms. The number of ether oxygens (including phenoxy) is 2. The quantitative estimate of drug-likeness (QED) is 0.516. The fourth-order valence-electron chi connectivity index (χ4n) is 4.33. The van der Waals surface area contributed by atoms with Gasteiger partial charge in [0.1, 0.15) is 12.4 Å². The summed E-state index contributed by atoms with van der Waals surface area (Å²) in [4.78, 5) is 29.9. The first-order valence-electron chi connectivity index (χ1n) is 12.1. The molecule has 9 nitrogen and oxygen atoms in total. The standard InChI is InChI=1S/C26H34N2O7S/c1-5-13-28(3)26(31)34-16-19-15-21(36(4,32)33)9-10-22(19)23-11-12-24(17(2)27-23)35-20-8-6-7-18(14-20)25(29)30/h9-12,15,18,20H,5-8,13-14,16H2,1-4H3,(H,29,30)/t18-,20-/m0/s1. The van der Waals surface area contributed by atoms with Crippen molar-refractivity contribution in [2.75, 3.05) is 19.8 Å². The topological polar surface area (TPSA) is 123 Å². The highest BCUT2D eigenvalue weighted by Crippen LogP contribution is 2.32. The maximum Gasteiger partial charge on any atom is 0.409 e. The van der Waals surface area contributed by atoms with Crippen LogP contribution in [0.3, 0.4) is 0 Å². The Morgan fingerprint density at radius 2 is 1.94 bits per heavy atom. The van der Waals surface area contributed by atoms with E-state index in [2.05, 4.69) is 4.98 Å². The van der Waals surface area contributed by atoms with Crippen LogP contribution in [0.5, 0.6) is 5.75 Å². The minimum atomic E-state index is -3.46. The van der Waals surface area contributed by atoms with Crippen LogP contribution in [0.1, 0.15) is 50.3 Å². The second-order valence-electron chi connectivity index (χ2n) is 9.29. The molecule has 0 saturated heterocycles. The minimum Gasteiger partial charge on any atom is -0.489 e. The first kappa shape index (κ1) is 27.4. The van der Waals surface area contributed by atoms with Gasteiger partial charge in [-0.15, -0.1) is 0 Å². The number of nitrogens with zero attached hydrogens (tertiary/aromatic N) is 2. The summed E-state index contributed by atoms with van der Waals surface area (Å²) in [5, 5.41) is 9.33. The number of aliphatic carboxylic acids is 1. The smallest absolute Gasteiger partial charge is 0.409 e. The molecule has 0 bridgehead atoms. The van der Waals surface area contributed by atoms with Gasteiger partial charge in [0.05, 0.1) is 28.3 Å². The molecule has 1 heterocycles. The van der Waals surface area contributed by atoms with Crippen LogP contribution >= 0.6 is 0 Å². The van der Waals surface area contributed by atoms with Crippen molar-refractivity contribution < 1.29 is 32.6 Å². The van der Waals surface area contributed by atoms with Crippen LogP contribution in [0.15, 0.2) is 35.2 Å². The molecule has 1 aromatic carbocycles. The Kier molecular flexibility index (Phi) is 8.94. The molecule has 1 aromatic heterocycles. The molecule has 1 fully saturated rings. The highest BCUT2D eigenvalue weighted by molar-refractivity contribution is 7.90. The van der Waals surface area contributed by atoms with E-state index in [9.17, 15) is 23.1 Å². The molecule has 1 N–H and O–H groups in total. The lowest BCUT2D eigenvalue weighted by Gasteiger charge is -2.27. The molecule has 10 heteroatoms. The molecule has 0 radical (unpaired) electrons. The number of aromatic nitrogens is 1. The number of hydrogen-bond acceptors (Lipinski definition) is 7. The molecule has 2 aromatic rings. The predicted octanol–water partition coefficient (Wildman–Crippen LogP) is 4.46. The highest BCUT2D eigenvalue weighted by Gasteiger charge is 2.28. The molecule has 0 aliphatic heterocycles. The first-order valence-corrected chi connectivity index (χ1v) is 14.0. The number of carboxylic acids is 1. The lowest BCUT2D eigenvalue weighted by molar-refractivity contribution is -0.143. The Hall–Kier alpha value is -3.14. The fourth-order valence-corrected chi connectivity index (χ4v) is 5.00. The van der Waals surface area contributed by atoms with E-state index in [1.54, 1.807) is 32.2 Å². The van der Waals surface area contributed by atoms with E-state index in [4.69, 9.17) is 9.47 Å². The van der Waals surface area contributed by atoms with Crippen LogP contribution in [-0.2, 0) is 26.0 Å². The van der Waals surface area contributed by atoms with Gasteiger partial charge in [-0.3, -0.25) is 4.79 Å². The zero-order valence-corrected chi connectivity index (χ0v) is 22.0. The second-order valence-corrected chi connectivity index (χ2v) is 11.3. The first-order chi connectivity index (χ1) is 17.0. The third-order valence-corrected chi connectivity index (χ3v) is 7.42. The molecule has 3 rings (SSSR count). The summed E-state index contributed by atoms with van der Waals surface area (Å²) in [7, 11) is -1.82. The van der Waals surface area contributed by atoms with Gasteiger partial charge >= 0.3 is 12.1 Å². The van der Waals surface area contributed by atoms with Crippen molar-refractivity contribution in [1.29, 1.82) is 0 Å². The largest absolute Gasteiger partial charge is 0.489 e. The summed E-state index contributed by atoms with van der Waals surface area (Å²) in [6.07, 6.45) is 3.95. The number of amides is 1. The van der Waals surface area contributed by atoms with Gasteiger partial charge in [-0.1, -0.05) is 13.0 Å². The van der Waals surface area contributed by atoms with Crippen LogP contribution in [0.25, 0.3) is 11.3 Å². The number of carbonyl (C=O) groups is 2. The number of hydrogen-bond donors (Lipinski definition) is 1. The van der Waals surface area contributed by atoms with Crippen molar-refractivity contribution in [3.63, 3.8) is 0 Å². The number of aryl methyl sites for hydroxylation is 1. The predicted molar refractivity (Wildman–Crippen MR) is 135 cm³/mol. The summed E-state index contributed by atoms with van der Waals surface area (Å²) in [6, 6.07) is 8.24. The van der Waals surface area contributed by atoms with E-state index in [0.29, 0.717) is 47.7 Å². The normalized spacial score (nSPS) is 17.9. The molecule has 1 amide bonds. The minimum absolute atomic E-state index is 0.108. The molecule has 196 valence electrons. The lowest BCUT2D eigenvalue weighted by Crippen LogP contribution is -2.29. The van der Waals surface area contributed by atoms with E-state index >= 15 is 0 Å². The monoisotopic (exact) mass is 518 g/mol. The van der Waals surface area contributed by atoms with Crippen molar-refractivity contribution in [2.45, 2.75) is 63.6 Å². The van der Waals surface area contributed by atoms with Gasteiger partial charge in [0.25, 0.3) is 0 Å². The number of carboxylic acid groups (broad SMARTS) is 1. The molecular formula is C26H34N2O7S. The Labute approximate surface area is 212 Å². The van der Waals surface area contributed by atoms with Gasteiger partial charge in [0, 0.05) is 31.0 Å². The van der Waals surface area contributed by atoms with Crippen molar-refractivity contribution in [3.05, 3.63) is 41.6 Å². The Balaban J connectivity index is 1.85. The van der Waals surface area contributed by atoms with Crippen LogP contribution in [0.2, 0.25) is 0 Å². The number of rotatable bonds is 9. The number of benzene rings is 1. The molecule has 36 heavy (non-hydrogen) atoms. The van der Waals surface area contributed by atoms with Gasteiger partial charge < -0.3 is 19.5 Å². The van der Waals surface area contributed by atoms with Crippen LogP contribution in [0, 0.1) is 12.8 Å².